The Morgan fingerprint density at radius 3 is 2.19 bits per heavy atom. The Labute approximate surface area is 203 Å². The number of nitrogens with two attached hydrogens (primary N) is 1. The number of aromatic nitrogens is 1. The van der Waals surface area contributed by atoms with Gasteiger partial charge in [-0.05, 0) is 48.0 Å². The van der Waals surface area contributed by atoms with Gasteiger partial charge in [0.05, 0.1) is 11.1 Å². The minimum atomic E-state index is -5.02. The Morgan fingerprint density at radius 1 is 0.944 bits per heavy atom. The molecule has 2 aromatic heterocycles. The van der Waals surface area contributed by atoms with Crippen molar-refractivity contribution in [2.45, 2.75) is 18.9 Å². The number of carbonyl (C=O) groups is 1. The summed E-state index contributed by atoms with van der Waals surface area (Å²) in [6, 6.07) is 10.8. The lowest BCUT2D eigenvalue weighted by molar-refractivity contribution is -0.143. The van der Waals surface area contributed by atoms with Crippen molar-refractivity contribution in [3.63, 3.8) is 0 Å². The van der Waals surface area contributed by atoms with E-state index in [1.807, 2.05) is 0 Å². The van der Waals surface area contributed by atoms with Crippen molar-refractivity contribution in [1.29, 1.82) is 0 Å². The average molecular weight is 530 g/mol. The van der Waals surface area contributed by atoms with Crippen LogP contribution in [0, 0.1) is 0 Å². The van der Waals surface area contributed by atoms with Crippen molar-refractivity contribution in [2.24, 2.45) is 0 Å². The summed E-state index contributed by atoms with van der Waals surface area (Å²) >= 11 is 5.98. The highest BCUT2D eigenvalue weighted by atomic mass is 35.5. The molecule has 0 fully saturated rings. The van der Waals surface area contributed by atoms with E-state index in [2.05, 4.69) is 10.5 Å². The predicted octanol–water partition coefficient (Wildman–Crippen LogP) is 6.80. The van der Waals surface area contributed by atoms with Crippen LogP contribution < -0.4 is 11.1 Å². The van der Waals surface area contributed by atoms with Gasteiger partial charge < -0.3 is 20.0 Å². The maximum atomic E-state index is 13.1. The number of amides is 1. The molecule has 0 unspecified atom stereocenters. The number of alkyl halides is 6. The second-order valence-corrected chi connectivity index (χ2v) is 7.98. The van der Waals surface area contributed by atoms with Crippen molar-refractivity contribution in [1.82, 2.24) is 10.5 Å². The largest absolute Gasteiger partial charge is 0.454 e. The summed E-state index contributed by atoms with van der Waals surface area (Å²) in [5.41, 5.74) is 2.48. The Balaban J connectivity index is 1.59. The summed E-state index contributed by atoms with van der Waals surface area (Å²) in [5, 5.41) is 6.40. The minimum absolute atomic E-state index is 0.00415. The molecule has 0 aliphatic carbocycles. The number of nitrogen functional groups attached to an aromatic ring is 1. The van der Waals surface area contributed by atoms with Crippen LogP contribution in [-0.4, -0.2) is 11.1 Å². The van der Waals surface area contributed by atoms with Gasteiger partial charge in [-0.2, -0.15) is 26.3 Å². The molecule has 3 N–H and O–H groups in total. The summed E-state index contributed by atoms with van der Waals surface area (Å²) in [5.74, 6) is -0.920. The van der Waals surface area contributed by atoms with E-state index in [0.717, 1.165) is 0 Å². The molecule has 188 valence electrons. The molecule has 0 bridgehead atoms. The van der Waals surface area contributed by atoms with Crippen LogP contribution in [0.2, 0.25) is 5.02 Å². The molecule has 0 aliphatic rings. The smallest absolute Gasteiger partial charge is 0.416 e. The number of hydrogen-bond donors (Lipinski definition) is 2. The molecule has 0 aliphatic heterocycles. The lowest BCUT2D eigenvalue weighted by Crippen LogP contribution is -2.24. The number of nitrogens with zero attached hydrogens (tertiary/aromatic N) is 1. The molecule has 0 spiro atoms. The average Bonchev–Trinajstić information content (AvgIpc) is 3.43. The van der Waals surface area contributed by atoms with Crippen LogP contribution >= 0.6 is 11.6 Å². The van der Waals surface area contributed by atoms with Gasteiger partial charge in [-0.1, -0.05) is 28.9 Å². The van der Waals surface area contributed by atoms with Gasteiger partial charge in [0.15, 0.2) is 11.5 Å². The van der Waals surface area contributed by atoms with Crippen LogP contribution in [0.15, 0.2) is 63.5 Å². The highest BCUT2D eigenvalue weighted by Gasteiger charge is 2.37. The first-order valence-corrected chi connectivity index (χ1v) is 10.4. The Hall–Kier alpha value is -3.93. The van der Waals surface area contributed by atoms with E-state index in [0.29, 0.717) is 28.5 Å². The van der Waals surface area contributed by atoms with Crippen LogP contribution in [-0.2, 0) is 18.9 Å². The van der Waals surface area contributed by atoms with E-state index >= 15 is 0 Å². The lowest BCUT2D eigenvalue weighted by Gasteiger charge is -2.14. The summed E-state index contributed by atoms with van der Waals surface area (Å²) in [6.45, 7) is -0.665. The Bertz CT molecular complexity index is 1390. The molecular weight excluding hydrogens is 516 g/mol. The molecule has 13 heteroatoms. The molecule has 4 aromatic rings. The maximum absolute atomic E-state index is 13.1. The number of carbonyl (C=O) groups excluding carboxylic acids is 1. The zero-order chi connectivity index (χ0) is 26.3. The van der Waals surface area contributed by atoms with Gasteiger partial charge in [0.25, 0.3) is 5.91 Å². The van der Waals surface area contributed by atoms with E-state index in [1.165, 1.54) is 6.07 Å². The summed E-state index contributed by atoms with van der Waals surface area (Å²) in [6.07, 6.45) is -10.0. The molecule has 36 heavy (non-hydrogen) atoms. The van der Waals surface area contributed by atoms with E-state index in [-0.39, 0.29) is 23.1 Å². The summed E-state index contributed by atoms with van der Waals surface area (Å²) < 4.78 is 89.1. The highest BCUT2D eigenvalue weighted by molar-refractivity contribution is 6.30. The molecular formula is C23H14ClF6N3O3. The van der Waals surface area contributed by atoms with E-state index in [1.54, 1.807) is 30.3 Å². The number of nitrogens with one attached hydrogen (secondary N) is 1. The second kappa shape index (κ2) is 9.26. The molecule has 0 saturated heterocycles. The molecule has 1 amide bonds. The fraction of sp³-hybridized carbons (Fsp3) is 0.130. The highest BCUT2D eigenvalue weighted by Crippen LogP contribution is 2.37. The monoisotopic (exact) mass is 529 g/mol. The van der Waals surface area contributed by atoms with E-state index < -0.39 is 47.4 Å². The standard InChI is InChI=1S/C23H14ClF6N3O3/c24-15-3-1-2-12(8-15)16-4-5-17(35-16)19-18(20(31)36-33-19)21(34)32-10-11-6-13(22(25,26)27)9-14(7-11)23(28,29)30/h1-9H,10,31H2,(H,32,34). The van der Waals surface area contributed by atoms with Crippen LogP contribution in [0.3, 0.4) is 0 Å². The van der Waals surface area contributed by atoms with Gasteiger partial charge in [0, 0.05) is 17.1 Å². The molecule has 6 nitrogen and oxygen atoms in total. The molecule has 4 rings (SSSR count). The molecule has 0 saturated carbocycles. The van der Waals surface area contributed by atoms with Gasteiger partial charge in [-0.25, -0.2) is 0 Å². The molecule has 2 heterocycles. The van der Waals surface area contributed by atoms with Crippen LogP contribution in [0.1, 0.15) is 27.0 Å². The lowest BCUT2D eigenvalue weighted by atomic mass is 10.0. The van der Waals surface area contributed by atoms with Gasteiger partial charge in [0.1, 0.15) is 11.3 Å². The normalized spacial score (nSPS) is 12.1. The fourth-order valence-electron chi connectivity index (χ4n) is 3.34. The topological polar surface area (TPSA) is 94.3 Å². The van der Waals surface area contributed by atoms with E-state index in [4.69, 9.17) is 26.3 Å². The van der Waals surface area contributed by atoms with Gasteiger partial charge in [-0.3, -0.25) is 4.79 Å². The zero-order valence-electron chi connectivity index (χ0n) is 17.8. The maximum Gasteiger partial charge on any atom is 0.416 e. The van der Waals surface area contributed by atoms with Crippen LogP contribution in [0.4, 0.5) is 32.2 Å². The fourth-order valence-corrected chi connectivity index (χ4v) is 3.53. The van der Waals surface area contributed by atoms with Crippen LogP contribution in [0.5, 0.6) is 0 Å². The summed E-state index contributed by atoms with van der Waals surface area (Å²) in [7, 11) is 0. The van der Waals surface area contributed by atoms with E-state index in [9.17, 15) is 31.1 Å². The van der Waals surface area contributed by atoms with Crippen molar-refractivity contribution >= 4 is 23.4 Å². The van der Waals surface area contributed by atoms with Crippen molar-refractivity contribution in [3.05, 3.63) is 81.9 Å². The summed E-state index contributed by atoms with van der Waals surface area (Å²) in [4.78, 5) is 12.8. The predicted molar refractivity (Wildman–Crippen MR) is 117 cm³/mol. The first kappa shape index (κ1) is 25.2. The van der Waals surface area contributed by atoms with Gasteiger partial charge in [-0.15, -0.1) is 0 Å². The Kier molecular flexibility index (Phi) is 6.48. The first-order valence-electron chi connectivity index (χ1n) is 10.0. The second-order valence-electron chi connectivity index (χ2n) is 7.54. The van der Waals surface area contributed by atoms with Crippen molar-refractivity contribution in [3.8, 4) is 22.8 Å². The van der Waals surface area contributed by atoms with Crippen molar-refractivity contribution < 1.29 is 40.1 Å². The number of anilines is 1. The van der Waals surface area contributed by atoms with Crippen molar-refractivity contribution in [2.75, 3.05) is 5.73 Å². The minimum Gasteiger partial charge on any atom is -0.454 e. The zero-order valence-corrected chi connectivity index (χ0v) is 18.6. The number of rotatable bonds is 5. The number of furan rings is 1. The van der Waals surface area contributed by atoms with Gasteiger partial charge >= 0.3 is 12.4 Å². The third kappa shape index (κ3) is 5.33. The quantitative estimate of drug-likeness (QED) is 0.277. The first-order chi connectivity index (χ1) is 16.8. The Morgan fingerprint density at radius 2 is 1.58 bits per heavy atom. The van der Waals surface area contributed by atoms with Gasteiger partial charge in [0.2, 0.25) is 5.88 Å². The van der Waals surface area contributed by atoms with Crippen LogP contribution in [0.25, 0.3) is 22.8 Å². The number of halogens is 7. The third-order valence-electron chi connectivity index (χ3n) is 4.99. The SMILES string of the molecule is Nc1onc(-c2ccc(-c3cccc(Cl)c3)o2)c1C(=O)NCc1cc(C(F)(F)F)cc(C(F)(F)F)c1. The number of benzene rings is 2. The molecule has 0 atom stereocenters. The number of hydrogen-bond acceptors (Lipinski definition) is 5. The molecule has 0 radical (unpaired) electrons. The molecule has 2 aromatic carbocycles. The third-order valence-corrected chi connectivity index (χ3v) is 5.23.